The van der Waals surface area contributed by atoms with Crippen LogP contribution in [0.3, 0.4) is 0 Å². The van der Waals surface area contributed by atoms with Gasteiger partial charge in [-0.3, -0.25) is 9.78 Å². The van der Waals surface area contributed by atoms with Gasteiger partial charge in [0.15, 0.2) is 0 Å². The van der Waals surface area contributed by atoms with Crippen molar-refractivity contribution in [2.24, 2.45) is 0 Å². The van der Waals surface area contributed by atoms with Crippen LogP contribution in [-0.2, 0) is 6.54 Å². The molecule has 2 aromatic rings. The molecule has 6 heteroatoms. The molecule has 2 N–H and O–H groups in total. The van der Waals surface area contributed by atoms with Crippen LogP contribution in [0.25, 0.3) is 0 Å². The van der Waals surface area contributed by atoms with Gasteiger partial charge in [0.2, 0.25) is 0 Å². The first-order valence-electron chi connectivity index (χ1n) is 6.21. The number of nitrogen functional groups attached to an aromatic ring is 1. The number of halogens is 1. The van der Waals surface area contributed by atoms with Gasteiger partial charge < -0.3 is 10.6 Å². The Kier molecular flexibility index (Phi) is 4.53. The van der Waals surface area contributed by atoms with E-state index in [2.05, 4.69) is 9.97 Å². The molecule has 0 saturated heterocycles. The number of hydrogen-bond acceptors (Lipinski definition) is 4. The summed E-state index contributed by atoms with van der Waals surface area (Å²) in [5.41, 5.74) is 6.99. The first-order chi connectivity index (χ1) is 9.61. The third-order valence-corrected chi connectivity index (χ3v) is 3.20. The van der Waals surface area contributed by atoms with Crippen LogP contribution in [0.4, 0.5) is 5.82 Å². The van der Waals surface area contributed by atoms with E-state index in [4.69, 9.17) is 17.3 Å². The number of anilines is 1. The second-order valence-corrected chi connectivity index (χ2v) is 4.67. The molecule has 5 nitrogen and oxygen atoms in total. The molecule has 0 bridgehead atoms. The summed E-state index contributed by atoms with van der Waals surface area (Å²) in [6, 6.07) is 5.25. The number of pyridine rings is 2. The minimum Gasteiger partial charge on any atom is -0.384 e. The molecule has 0 aliphatic heterocycles. The fourth-order valence-corrected chi connectivity index (χ4v) is 2.01. The average Bonchev–Trinajstić information content (AvgIpc) is 2.47. The summed E-state index contributed by atoms with van der Waals surface area (Å²) in [6.07, 6.45) is 4.79. The molecule has 2 aromatic heterocycles. The molecule has 0 fully saturated rings. The first-order valence-corrected chi connectivity index (χ1v) is 6.58. The van der Waals surface area contributed by atoms with E-state index >= 15 is 0 Å². The van der Waals surface area contributed by atoms with Crippen LogP contribution in [0.1, 0.15) is 22.8 Å². The van der Waals surface area contributed by atoms with E-state index in [0.29, 0.717) is 23.7 Å². The maximum atomic E-state index is 12.5. The second kappa shape index (κ2) is 6.34. The molecule has 0 atom stereocenters. The third kappa shape index (κ3) is 3.24. The monoisotopic (exact) mass is 290 g/mol. The molecule has 2 rings (SSSR count). The Labute approximate surface area is 122 Å². The van der Waals surface area contributed by atoms with E-state index in [-0.39, 0.29) is 11.7 Å². The largest absolute Gasteiger partial charge is 0.384 e. The quantitative estimate of drug-likeness (QED) is 0.938. The molecule has 0 saturated carbocycles. The summed E-state index contributed by atoms with van der Waals surface area (Å²) in [5, 5.41) is 0.303. The third-order valence-electron chi connectivity index (χ3n) is 2.90. The van der Waals surface area contributed by atoms with Crippen molar-refractivity contribution in [2.45, 2.75) is 13.5 Å². The van der Waals surface area contributed by atoms with Crippen molar-refractivity contribution in [3.8, 4) is 0 Å². The standard InChI is InChI=1S/C14H15ClN4O/c1-2-19(9-10-3-5-17-6-4-10)14(20)11-7-13(16)18-8-12(11)15/h3-8H,2,9H2,1H3,(H2,16,18). The summed E-state index contributed by atoms with van der Waals surface area (Å²) in [4.78, 5) is 22.0. The normalized spacial score (nSPS) is 10.3. The van der Waals surface area contributed by atoms with Gasteiger partial charge in [0.05, 0.1) is 10.6 Å². The Morgan fingerprint density at radius 3 is 2.75 bits per heavy atom. The highest BCUT2D eigenvalue weighted by molar-refractivity contribution is 6.33. The Morgan fingerprint density at radius 2 is 2.10 bits per heavy atom. The number of hydrogen-bond donors (Lipinski definition) is 1. The van der Waals surface area contributed by atoms with E-state index in [0.717, 1.165) is 5.56 Å². The summed E-state index contributed by atoms with van der Waals surface area (Å²) in [5.74, 6) is 0.112. The summed E-state index contributed by atoms with van der Waals surface area (Å²) >= 11 is 6.02. The van der Waals surface area contributed by atoms with E-state index in [9.17, 15) is 4.79 Å². The molecule has 0 aromatic carbocycles. The Balaban J connectivity index is 2.23. The van der Waals surface area contributed by atoms with Crippen molar-refractivity contribution in [3.05, 3.63) is 52.9 Å². The van der Waals surface area contributed by atoms with Gasteiger partial charge in [-0.2, -0.15) is 0 Å². The maximum absolute atomic E-state index is 12.5. The molecular formula is C14H15ClN4O. The van der Waals surface area contributed by atoms with Gasteiger partial charge in [0, 0.05) is 31.7 Å². The molecule has 2 heterocycles. The molecule has 104 valence electrons. The smallest absolute Gasteiger partial charge is 0.255 e. The van der Waals surface area contributed by atoms with Crippen LogP contribution < -0.4 is 5.73 Å². The average molecular weight is 291 g/mol. The van der Waals surface area contributed by atoms with Crippen molar-refractivity contribution in [3.63, 3.8) is 0 Å². The van der Waals surface area contributed by atoms with Crippen LogP contribution in [-0.4, -0.2) is 27.3 Å². The van der Waals surface area contributed by atoms with E-state index in [1.807, 2.05) is 19.1 Å². The van der Waals surface area contributed by atoms with Crippen LogP contribution in [0, 0.1) is 0 Å². The lowest BCUT2D eigenvalue weighted by atomic mass is 10.2. The Hall–Kier alpha value is -2.14. The lowest BCUT2D eigenvalue weighted by molar-refractivity contribution is 0.0752. The number of aromatic nitrogens is 2. The topological polar surface area (TPSA) is 72.1 Å². The summed E-state index contributed by atoms with van der Waals surface area (Å²) in [6.45, 7) is 2.98. The van der Waals surface area contributed by atoms with Crippen molar-refractivity contribution < 1.29 is 4.79 Å². The van der Waals surface area contributed by atoms with Crippen LogP contribution in [0.15, 0.2) is 36.8 Å². The van der Waals surface area contributed by atoms with Gasteiger partial charge in [-0.25, -0.2) is 4.98 Å². The SMILES string of the molecule is CCN(Cc1ccncc1)C(=O)c1cc(N)ncc1Cl. The van der Waals surface area contributed by atoms with Gasteiger partial charge >= 0.3 is 0 Å². The highest BCUT2D eigenvalue weighted by Crippen LogP contribution is 2.19. The fraction of sp³-hybridized carbons (Fsp3) is 0.214. The molecular weight excluding hydrogens is 276 g/mol. The van der Waals surface area contributed by atoms with Gasteiger partial charge in [-0.05, 0) is 30.7 Å². The van der Waals surface area contributed by atoms with Crippen LogP contribution >= 0.6 is 11.6 Å². The zero-order chi connectivity index (χ0) is 14.5. The summed E-state index contributed by atoms with van der Waals surface area (Å²) in [7, 11) is 0. The lowest BCUT2D eigenvalue weighted by Gasteiger charge is -2.21. The Bertz CT molecular complexity index is 603. The van der Waals surface area contributed by atoms with Crippen molar-refractivity contribution in [2.75, 3.05) is 12.3 Å². The van der Waals surface area contributed by atoms with Gasteiger partial charge in [0.1, 0.15) is 5.82 Å². The fourth-order valence-electron chi connectivity index (χ4n) is 1.82. The zero-order valence-electron chi connectivity index (χ0n) is 11.1. The van der Waals surface area contributed by atoms with Crippen LogP contribution in [0.5, 0.6) is 0 Å². The van der Waals surface area contributed by atoms with E-state index < -0.39 is 0 Å². The molecule has 20 heavy (non-hydrogen) atoms. The number of amides is 1. The number of nitrogens with two attached hydrogens (primary N) is 1. The predicted octanol–water partition coefficient (Wildman–Crippen LogP) is 2.37. The first kappa shape index (κ1) is 14.3. The molecule has 0 aliphatic rings. The molecule has 0 spiro atoms. The Morgan fingerprint density at radius 1 is 1.40 bits per heavy atom. The van der Waals surface area contributed by atoms with Crippen LogP contribution in [0.2, 0.25) is 5.02 Å². The summed E-state index contributed by atoms with van der Waals surface area (Å²) < 4.78 is 0. The van der Waals surface area contributed by atoms with Gasteiger partial charge in [0.25, 0.3) is 5.91 Å². The second-order valence-electron chi connectivity index (χ2n) is 4.26. The molecule has 0 radical (unpaired) electrons. The van der Waals surface area contributed by atoms with Gasteiger partial charge in [-0.15, -0.1) is 0 Å². The predicted molar refractivity (Wildman–Crippen MR) is 78.3 cm³/mol. The van der Waals surface area contributed by atoms with E-state index in [1.165, 1.54) is 12.3 Å². The zero-order valence-corrected chi connectivity index (χ0v) is 11.8. The van der Waals surface area contributed by atoms with Crippen molar-refractivity contribution >= 4 is 23.3 Å². The minimum atomic E-state index is -0.164. The molecule has 1 amide bonds. The van der Waals surface area contributed by atoms with Crippen molar-refractivity contribution in [1.29, 1.82) is 0 Å². The number of nitrogens with zero attached hydrogens (tertiary/aromatic N) is 3. The number of carbonyl (C=O) groups is 1. The van der Waals surface area contributed by atoms with Gasteiger partial charge in [-0.1, -0.05) is 11.6 Å². The molecule has 0 unspecified atom stereocenters. The number of rotatable bonds is 4. The lowest BCUT2D eigenvalue weighted by Crippen LogP contribution is -2.30. The molecule has 0 aliphatic carbocycles. The maximum Gasteiger partial charge on any atom is 0.255 e. The minimum absolute atomic E-state index is 0.164. The highest BCUT2D eigenvalue weighted by atomic mass is 35.5. The van der Waals surface area contributed by atoms with Crippen molar-refractivity contribution in [1.82, 2.24) is 14.9 Å². The van der Waals surface area contributed by atoms with E-state index in [1.54, 1.807) is 17.3 Å². The highest BCUT2D eigenvalue weighted by Gasteiger charge is 2.18. The number of carbonyl (C=O) groups excluding carboxylic acids is 1.